The second-order valence-electron chi connectivity index (χ2n) is 10.0. The van der Waals surface area contributed by atoms with Crippen LogP contribution in [0, 0.1) is 22.7 Å². The summed E-state index contributed by atoms with van der Waals surface area (Å²) in [4.78, 5) is 23.3. The molecule has 0 aromatic heterocycles. The maximum Gasteiger partial charge on any atom is 0.303 e. The zero-order valence-electron chi connectivity index (χ0n) is 18.6. The highest BCUT2D eigenvalue weighted by molar-refractivity contribution is 5.67. The highest BCUT2D eigenvalue weighted by atomic mass is 16.6. The number of rotatable bonds is 6. The third-order valence-corrected chi connectivity index (χ3v) is 7.27. The van der Waals surface area contributed by atoms with Crippen LogP contribution in [0.2, 0.25) is 0 Å². The first-order valence-corrected chi connectivity index (χ1v) is 10.5. The summed E-state index contributed by atoms with van der Waals surface area (Å²) in [5.41, 5.74) is 0.589. The third kappa shape index (κ3) is 4.52. The summed E-state index contributed by atoms with van der Waals surface area (Å²) in [5.74, 6) is 0.0901. The molecule has 0 saturated heterocycles. The van der Waals surface area contributed by atoms with Crippen molar-refractivity contribution in [2.24, 2.45) is 22.7 Å². The zero-order valence-corrected chi connectivity index (χ0v) is 18.6. The Morgan fingerprint density at radius 2 is 1.86 bits per heavy atom. The molecule has 4 heteroatoms. The van der Waals surface area contributed by atoms with Crippen LogP contribution in [0.5, 0.6) is 0 Å². The van der Waals surface area contributed by atoms with Gasteiger partial charge in [0.1, 0.15) is 11.7 Å². The van der Waals surface area contributed by atoms with Gasteiger partial charge in [0.2, 0.25) is 0 Å². The van der Waals surface area contributed by atoms with E-state index in [1.54, 1.807) is 6.08 Å². The first-order valence-electron chi connectivity index (χ1n) is 10.5. The first-order chi connectivity index (χ1) is 12.8. The number of carbonyl (C=O) groups is 2. The van der Waals surface area contributed by atoms with E-state index < -0.39 is 5.60 Å². The van der Waals surface area contributed by atoms with E-state index in [1.807, 2.05) is 6.92 Å². The van der Waals surface area contributed by atoms with Gasteiger partial charge in [-0.2, -0.15) is 0 Å². The highest BCUT2D eigenvalue weighted by Crippen LogP contribution is 2.62. The summed E-state index contributed by atoms with van der Waals surface area (Å²) < 4.78 is 11.4. The normalized spacial score (nSPS) is 33.9. The van der Waals surface area contributed by atoms with E-state index >= 15 is 0 Å². The van der Waals surface area contributed by atoms with Crippen molar-refractivity contribution in [1.82, 2.24) is 0 Å². The van der Waals surface area contributed by atoms with Crippen molar-refractivity contribution in [3.05, 3.63) is 24.8 Å². The summed E-state index contributed by atoms with van der Waals surface area (Å²) >= 11 is 0. The van der Waals surface area contributed by atoms with Crippen LogP contribution < -0.4 is 0 Å². The Morgan fingerprint density at radius 3 is 2.39 bits per heavy atom. The Kier molecular flexibility index (Phi) is 6.52. The van der Waals surface area contributed by atoms with Gasteiger partial charge in [0.25, 0.3) is 0 Å². The highest BCUT2D eigenvalue weighted by Gasteiger charge is 2.57. The van der Waals surface area contributed by atoms with Gasteiger partial charge in [-0.15, -0.1) is 0 Å². The Labute approximate surface area is 170 Å². The van der Waals surface area contributed by atoms with Crippen molar-refractivity contribution in [3.8, 4) is 0 Å². The van der Waals surface area contributed by atoms with Gasteiger partial charge in [0, 0.05) is 26.2 Å². The van der Waals surface area contributed by atoms with Crippen LogP contribution >= 0.6 is 0 Å². The Morgan fingerprint density at radius 1 is 1.21 bits per heavy atom. The molecule has 0 aromatic rings. The smallest absolute Gasteiger partial charge is 0.303 e. The van der Waals surface area contributed by atoms with E-state index in [9.17, 15) is 9.59 Å². The Balaban J connectivity index is 2.32. The Bertz CT molecular complexity index is 649. The molecule has 0 amide bonds. The lowest BCUT2D eigenvalue weighted by Gasteiger charge is -2.60. The standard InChI is InChI=1S/C24H38O4/c1-9-23(7,28-18(4)26)14-11-19-16(2)15-20(27-17(3)25)21-22(5,6)12-10-13-24(19,21)8/h9,19-21H,1-2,10-15H2,3-8H3/t19-,20+,21+,23+,24-/m1/s1. The fourth-order valence-corrected chi connectivity index (χ4v) is 6.24. The van der Waals surface area contributed by atoms with E-state index in [0.717, 1.165) is 24.8 Å². The van der Waals surface area contributed by atoms with Gasteiger partial charge in [0.05, 0.1) is 0 Å². The molecule has 2 fully saturated rings. The van der Waals surface area contributed by atoms with Gasteiger partial charge in [-0.1, -0.05) is 45.9 Å². The molecule has 2 rings (SSSR count). The number of carbonyl (C=O) groups excluding carboxylic acids is 2. The molecule has 0 unspecified atom stereocenters. The second kappa shape index (κ2) is 8.04. The van der Waals surface area contributed by atoms with E-state index in [2.05, 4.69) is 33.9 Å². The van der Waals surface area contributed by atoms with Gasteiger partial charge < -0.3 is 9.47 Å². The molecule has 0 spiro atoms. The van der Waals surface area contributed by atoms with Gasteiger partial charge in [-0.25, -0.2) is 0 Å². The molecule has 5 atom stereocenters. The van der Waals surface area contributed by atoms with Crippen LogP contribution in [0.1, 0.15) is 80.1 Å². The van der Waals surface area contributed by atoms with E-state index in [1.165, 1.54) is 20.3 Å². The number of fused-ring (bicyclic) bond motifs is 1. The molecular weight excluding hydrogens is 352 g/mol. The van der Waals surface area contributed by atoms with Crippen molar-refractivity contribution in [2.75, 3.05) is 0 Å². The lowest BCUT2D eigenvalue weighted by molar-refractivity contribution is -0.171. The zero-order chi connectivity index (χ0) is 21.3. The lowest BCUT2D eigenvalue weighted by Crippen LogP contribution is -2.56. The number of esters is 2. The van der Waals surface area contributed by atoms with Gasteiger partial charge >= 0.3 is 11.9 Å². The maximum atomic E-state index is 11.8. The Hall–Kier alpha value is -1.58. The fraction of sp³-hybridized carbons (Fsp3) is 0.750. The number of hydrogen-bond donors (Lipinski definition) is 0. The van der Waals surface area contributed by atoms with Crippen molar-refractivity contribution < 1.29 is 19.1 Å². The van der Waals surface area contributed by atoms with Gasteiger partial charge in [-0.3, -0.25) is 9.59 Å². The van der Waals surface area contributed by atoms with E-state index in [-0.39, 0.29) is 34.8 Å². The molecule has 2 aliphatic rings. The maximum absolute atomic E-state index is 11.8. The van der Waals surface area contributed by atoms with Crippen molar-refractivity contribution in [1.29, 1.82) is 0 Å². The lowest BCUT2D eigenvalue weighted by atomic mass is 9.46. The van der Waals surface area contributed by atoms with Crippen molar-refractivity contribution in [2.45, 2.75) is 91.8 Å². The van der Waals surface area contributed by atoms with E-state index in [4.69, 9.17) is 9.47 Å². The van der Waals surface area contributed by atoms with Crippen LogP contribution in [-0.4, -0.2) is 23.6 Å². The molecule has 4 nitrogen and oxygen atoms in total. The van der Waals surface area contributed by atoms with Crippen LogP contribution in [0.3, 0.4) is 0 Å². The summed E-state index contributed by atoms with van der Waals surface area (Å²) in [7, 11) is 0. The average molecular weight is 391 g/mol. The number of hydrogen-bond acceptors (Lipinski definition) is 4. The van der Waals surface area contributed by atoms with Crippen LogP contribution in [0.4, 0.5) is 0 Å². The fourth-order valence-electron chi connectivity index (χ4n) is 6.24. The van der Waals surface area contributed by atoms with Crippen LogP contribution in [-0.2, 0) is 19.1 Å². The monoisotopic (exact) mass is 390 g/mol. The minimum absolute atomic E-state index is 0.00943. The summed E-state index contributed by atoms with van der Waals surface area (Å²) in [6, 6.07) is 0. The molecule has 0 aliphatic heterocycles. The van der Waals surface area contributed by atoms with Crippen LogP contribution in [0.25, 0.3) is 0 Å². The minimum Gasteiger partial charge on any atom is -0.462 e. The summed E-state index contributed by atoms with van der Waals surface area (Å²) in [6.45, 7) is 20.1. The minimum atomic E-state index is -0.672. The third-order valence-electron chi connectivity index (χ3n) is 7.27. The molecular formula is C24H38O4. The SMILES string of the molecule is C=C[C@@](C)(CC[C@@H]1C(=C)C[C@H](OC(C)=O)[C@H]2C(C)(C)CCC[C@]12C)OC(C)=O. The predicted octanol–water partition coefficient (Wildman–Crippen LogP) is 5.61. The van der Waals surface area contributed by atoms with Gasteiger partial charge in [-0.05, 0) is 55.4 Å². The van der Waals surface area contributed by atoms with E-state index in [0.29, 0.717) is 18.8 Å². The second-order valence-corrected chi connectivity index (χ2v) is 10.0. The molecule has 0 N–H and O–H groups in total. The predicted molar refractivity (Wildman–Crippen MR) is 112 cm³/mol. The molecule has 158 valence electrons. The quantitative estimate of drug-likeness (QED) is 0.437. The molecule has 28 heavy (non-hydrogen) atoms. The molecule has 2 saturated carbocycles. The topological polar surface area (TPSA) is 52.6 Å². The summed E-state index contributed by atoms with van der Waals surface area (Å²) in [5, 5.41) is 0. The van der Waals surface area contributed by atoms with Crippen LogP contribution in [0.15, 0.2) is 24.8 Å². The average Bonchev–Trinajstić information content (AvgIpc) is 2.51. The largest absolute Gasteiger partial charge is 0.462 e. The molecule has 0 bridgehead atoms. The molecule has 0 radical (unpaired) electrons. The van der Waals surface area contributed by atoms with Gasteiger partial charge in [0.15, 0.2) is 0 Å². The van der Waals surface area contributed by atoms with Crippen molar-refractivity contribution >= 4 is 11.9 Å². The summed E-state index contributed by atoms with van der Waals surface area (Å²) in [6.07, 6.45) is 7.33. The number of ether oxygens (including phenoxy) is 2. The molecule has 0 heterocycles. The first kappa shape index (κ1) is 22.7. The van der Waals surface area contributed by atoms with Crippen molar-refractivity contribution in [3.63, 3.8) is 0 Å². The molecule has 2 aliphatic carbocycles. The molecule has 0 aromatic carbocycles.